The van der Waals surface area contributed by atoms with Gasteiger partial charge in [0.2, 0.25) is 0 Å². The van der Waals surface area contributed by atoms with Gasteiger partial charge in [0.05, 0.1) is 0 Å². The summed E-state index contributed by atoms with van der Waals surface area (Å²) in [5, 5.41) is 0.746. The van der Waals surface area contributed by atoms with E-state index in [1.807, 2.05) is 24.3 Å². The molecule has 5 aromatic carbocycles. The molecule has 4 heteroatoms. The highest BCUT2D eigenvalue weighted by molar-refractivity contribution is 8.00. The molecule has 0 atom stereocenters. The highest BCUT2D eigenvalue weighted by Gasteiger charge is 2.15. The van der Waals surface area contributed by atoms with Crippen LogP contribution in [0.2, 0.25) is 5.02 Å². The average molecular weight is 496 g/mol. The Morgan fingerprint density at radius 2 is 0.912 bits per heavy atom. The topological polar surface area (TPSA) is 3.24 Å². The Kier molecular flexibility index (Phi) is 7.25. The first kappa shape index (κ1) is 22.7. The number of benzene rings is 5. The van der Waals surface area contributed by atoms with Gasteiger partial charge in [0.1, 0.15) is 0 Å². The van der Waals surface area contributed by atoms with Gasteiger partial charge in [0, 0.05) is 41.7 Å². The highest BCUT2D eigenvalue weighted by atomic mass is 35.5. The summed E-state index contributed by atoms with van der Waals surface area (Å²) in [6.07, 6.45) is 0. The first-order valence-electron chi connectivity index (χ1n) is 11.0. The number of rotatable bonds is 7. The lowest BCUT2D eigenvalue weighted by atomic mass is 10.2. The molecule has 0 fully saturated rings. The predicted molar refractivity (Wildman–Crippen MR) is 147 cm³/mol. The van der Waals surface area contributed by atoms with Crippen molar-refractivity contribution in [3.05, 3.63) is 138 Å². The summed E-state index contributed by atoms with van der Waals surface area (Å²) in [6.45, 7) is 0. The second kappa shape index (κ2) is 10.9. The number of nitrogens with zero attached hydrogens (tertiary/aromatic N) is 1. The summed E-state index contributed by atoms with van der Waals surface area (Å²) in [6, 6.07) is 46.3. The van der Waals surface area contributed by atoms with E-state index in [1.54, 1.807) is 23.5 Å². The smallest absolute Gasteiger partial charge is 0.0484 e. The number of hydrogen-bond acceptors (Lipinski definition) is 3. The second-order valence-corrected chi connectivity index (χ2v) is 10.4. The van der Waals surface area contributed by atoms with Crippen LogP contribution in [0.3, 0.4) is 0 Å². The molecule has 0 aliphatic heterocycles. The fraction of sp³-hybridized carbons (Fsp3) is 0. The molecule has 5 rings (SSSR count). The van der Waals surface area contributed by atoms with Crippen LogP contribution >= 0.6 is 35.1 Å². The minimum atomic E-state index is 0.746. The van der Waals surface area contributed by atoms with Crippen molar-refractivity contribution in [2.45, 2.75) is 19.6 Å². The summed E-state index contributed by atoms with van der Waals surface area (Å²) in [7, 11) is 0. The Morgan fingerprint density at radius 1 is 0.412 bits per heavy atom. The van der Waals surface area contributed by atoms with Gasteiger partial charge in [0.25, 0.3) is 0 Å². The molecule has 0 spiro atoms. The molecular weight excluding hydrogens is 474 g/mol. The molecule has 0 radical (unpaired) electrons. The third-order valence-electron chi connectivity index (χ3n) is 5.16. The summed E-state index contributed by atoms with van der Waals surface area (Å²) in [5.74, 6) is 0. The quantitative estimate of drug-likeness (QED) is 0.221. The van der Waals surface area contributed by atoms with Gasteiger partial charge in [-0.1, -0.05) is 95.8 Å². The molecular formula is C30H22ClNS2. The minimum Gasteiger partial charge on any atom is -0.310 e. The fourth-order valence-electron chi connectivity index (χ4n) is 3.70. The largest absolute Gasteiger partial charge is 0.310 e. The maximum atomic E-state index is 6.27. The average Bonchev–Trinajstić information content (AvgIpc) is 2.86. The van der Waals surface area contributed by atoms with Crippen molar-refractivity contribution in [1.29, 1.82) is 0 Å². The third-order valence-corrected chi connectivity index (χ3v) is 7.34. The molecule has 0 aliphatic rings. The van der Waals surface area contributed by atoms with Gasteiger partial charge in [-0.15, -0.1) is 0 Å². The Morgan fingerprint density at radius 3 is 1.47 bits per heavy atom. The maximum Gasteiger partial charge on any atom is 0.0484 e. The zero-order valence-electron chi connectivity index (χ0n) is 18.3. The first-order chi connectivity index (χ1) is 16.7. The number of hydrogen-bond donors (Lipinski definition) is 0. The molecule has 0 saturated heterocycles. The molecule has 5 aromatic rings. The van der Waals surface area contributed by atoms with Crippen molar-refractivity contribution >= 4 is 52.2 Å². The van der Waals surface area contributed by atoms with E-state index in [1.165, 1.54) is 9.79 Å². The molecule has 1 nitrogen and oxygen atoms in total. The van der Waals surface area contributed by atoms with Crippen LogP contribution in [0.5, 0.6) is 0 Å². The van der Waals surface area contributed by atoms with Crippen LogP contribution in [0, 0.1) is 0 Å². The van der Waals surface area contributed by atoms with E-state index in [0.29, 0.717) is 0 Å². The van der Waals surface area contributed by atoms with Crippen molar-refractivity contribution in [1.82, 2.24) is 0 Å². The minimum absolute atomic E-state index is 0.746. The van der Waals surface area contributed by atoms with Crippen LogP contribution in [0.4, 0.5) is 17.1 Å². The van der Waals surface area contributed by atoms with Crippen LogP contribution in [-0.2, 0) is 0 Å². The van der Waals surface area contributed by atoms with Crippen molar-refractivity contribution in [3.63, 3.8) is 0 Å². The van der Waals surface area contributed by atoms with Gasteiger partial charge in [-0.3, -0.25) is 0 Å². The third kappa shape index (κ3) is 5.68. The van der Waals surface area contributed by atoms with E-state index in [9.17, 15) is 0 Å². The molecule has 0 amide bonds. The van der Waals surface area contributed by atoms with E-state index in [4.69, 9.17) is 11.6 Å². The molecule has 0 aromatic heterocycles. The molecule has 0 N–H and O–H groups in total. The zero-order chi connectivity index (χ0) is 23.2. The summed E-state index contributed by atoms with van der Waals surface area (Å²) in [4.78, 5) is 6.98. The number of anilines is 3. The van der Waals surface area contributed by atoms with E-state index in [-0.39, 0.29) is 0 Å². The molecule has 0 unspecified atom stereocenters. The van der Waals surface area contributed by atoms with Crippen LogP contribution in [0.25, 0.3) is 0 Å². The lowest BCUT2D eigenvalue weighted by Crippen LogP contribution is -2.09. The molecule has 166 valence electrons. The SMILES string of the molecule is Clc1cccc(Sc2cc(Sc3ccccc3)cc(N(c3ccccc3)c3ccccc3)c2)c1. The van der Waals surface area contributed by atoms with Crippen LogP contribution in [-0.4, -0.2) is 0 Å². The molecule has 0 heterocycles. The Bertz CT molecular complexity index is 1320. The van der Waals surface area contributed by atoms with Crippen LogP contribution < -0.4 is 4.90 Å². The normalized spacial score (nSPS) is 10.7. The zero-order valence-corrected chi connectivity index (χ0v) is 20.7. The van der Waals surface area contributed by atoms with Gasteiger partial charge < -0.3 is 4.90 Å². The van der Waals surface area contributed by atoms with Crippen molar-refractivity contribution in [2.24, 2.45) is 0 Å². The lowest BCUT2D eigenvalue weighted by molar-refractivity contribution is 1.22. The summed E-state index contributed by atoms with van der Waals surface area (Å²) < 4.78 is 0. The molecule has 0 bridgehead atoms. The number of para-hydroxylation sites is 2. The fourth-order valence-corrected chi connectivity index (χ4v) is 5.93. The molecule has 0 saturated carbocycles. The molecule has 34 heavy (non-hydrogen) atoms. The highest BCUT2D eigenvalue weighted by Crippen LogP contribution is 2.41. The van der Waals surface area contributed by atoms with E-state index in [0.717, 1.165) is 31.9 Å². The van der Waals surface area contributed by atoms with Crippen LogP contribution in [0.15, 0.2) is 153 Å². The van der Waals surface area contributed by atoms with Gasteiger partial charge in [-0.05, 0) is 72.8 Å². The Hall–Kier alpha value is -3.11. The lowest BCUT2D eigenvalue weighted by Gasteiger charge is -2.26. The van der Waals surface area contributed by atoms with Gasteiger partial charge in [-0.25, -0.2) is 0 Å². The van der Waals surface area contributed by atoms with Gasteiger partial charge >= 0.3 is 0 Å². The van der Waals surface area contributed by atoms with Gasteiger partial charge in [-0.2, -0.15) is 0 Å². The number of halogens is 1. The Labute approximate surface area is 214 Å². The Balaban J connectivity index is 1.62. The van der Waals surface area contributed by atoms with Crippen molar-refractivity contribution < 1.29 is 0 Å². The standard InChI is InChI=1S/C30H22ClNS2/c31-23-11-10-18-28(19-23)34-30-21-26(20-29(22-30)33-27-16-8-3-9-17-27)32(24-12-4-1-5-13-24)25-14-6-2-7-15-25/h1-22H. The summed E-state index contributed by atoms with van der Waals surface area (Å²) >= 11 is 9.76. The van der Waals surface area contributed by atoms with E-state index >= 15 is 0 Å². The van der Waals surface area contributed by atoms with E-state index in [2.05, 4.69) is 114 Å². The monoisotopic (exact) mass is 495 g/mol. The van der Waals surface area contributed by atoms with Crippen LogP contribution in [0.1, 0.15) is 0 Å². The summed E-state index contributed by atoms with van der Waals surface area (Å²) in [5.41, 5.74) is 3.35. The van der Waals surface area contributed by atoms with Crippen molar-refractivity contribution in [3.8, 4) is 0 Å². The second-order valence-electron chi connectivity index (χ2n) is 7.64. The first-order valence-corrected chi connectivity index (χ1v) is 13.0. The molecule has 0 aliphatic carbocycles. The van der Waals surface area contributed by atoms with E-state index < -0.39 is 0 Å². The van der Waals surface area contributed by atoms with Gasteiger partial charge in [0.15, 0.2) is 0 Å². The predicted octanol–water partition coefficient (Wildman–Crippen LogP) is 10.1. The van der Waals surface area contributed by atoms with Crippen molar-refractivity contribution in [2.75, 3.05) is 4.90 Å². The maximum absolute atomic E-state index is 6.27.